The number of nitrogens with zero attached hydrogens (tertiary/aromatic N) is 1. The summed E-state index contributed by atoms with van der Waals surface area (Å²) in [6.07, 6.45) is 6.37. The van der Waals surface area contributed by atoms with E-state index in [4.69, 9.17) is 0 Å². The third kappa shape index (κ3) is 2.35. The maximum Gasteiger partial charge on any atom is 0.166 e. The van der Waals surface area contributed by atoms with Crippen LogP contribution in [0.5, 0.6) is 0 Å². The molecule has 1 saturated carbocycles. The van der Waals surface area contributed by atoms with E-state index in [1.807, 2.05) is 30.3 Å². The molecule has 2 aromatic rings. The van der Waals surface area contributed by atoms with Gasteiger partial charge in [-0.1, -0.05) is 44.9 Å². The van der Waals surface area contributed by atoms with Crippen molar-refractivity contribution in [2.75, 3.05) is 0 Å². The van der Waals surface area contributed by atoms with Crippen LogP contribution in [0.4, 0.5) is 0 Å². The molecule has 1 aromatic heterocycles. The molecule has 1 atom stereocenters. The first-order valence-corrected chi connectivity index (χ1v) is 7.47. The third-order valence-electron chi connectivity index (χ3n) is 4.71. The quantitative estimate of drug-likeness (QED) is 0.742. The lowest BCUT2D eigenvalue weighted by atomic mass is 9.66. The first-order valence-electron chi connectivity index (χ1n) is 7.47. The molecule has 1 heterocycles. The van der Waals surface area contributed by atoms with E-state index in [-0.39, 0.29) is 11.3 Å². The molecule has 0 amide bonds. The van der Waals surface area contributed by atoms with E-state index < -0.39 is 0 Å². The van der Waals surface area contributed by atoms with Gasteiger partial charge in [-0.05, 0) is 30.4 Å². The topological polar surface area (TPSA) is 30.0 Å². The summed E-state index contributed by atoms with van der Waals surface area (Å²) in [4.78, 5) is 17.2. The van der Waals surface area contributed by atoms with Gasteiger partial charge >= 0.3 is 0 Å². The standard InChI is InChI=1S/C18H21NO/c1-18(2)10-4-3-7-15(18)17(20)14-9-8-13-6-5-11-19-16(13)12-14/h5-6,8-9,11-12,15H,3-4,7,10H2,1-2H3. The Hall–Kier alpha value is -1.70. The molecule has 0 N–H and O–H groups in total. The Labute approximate surface area is 120 Å². The molecule has 104 valence electrons. The second-order valence-corrected chi connectivity index (χ2v) is 6.56. The first kappa shape index (κ1) is 13.3. The lowest BCUT2D eigenvalue weighted by Crippen LogP contribution is -2.34. The minimum absolute atomic E-state index is 0.119. The molecule has 0 saturated heterocycles. The summed E-state index contributed by atoms with van der Waals surface area (Å²) in [7, 11) is 0. The zero-order valence-corrected chi connectivity index (χ0v) is 12.2. The number of fused-ring (bicyclic) bond motifs is 1. The zero-order valence-electron chi connectivity index (χ0n) is 12.2. The molecule has 20 heavy (non-hydrogen) atoms. The van der Waals surface area contributed by atoms with Crippen molar-refractivity contribution >= 4 is 16.7 Å². The monoisotopic (exact) mass is 267 g/mol. The highest BCUT2D eigenvalue weighted by Crippen LogP contribution is 2.42. The Bertz CT molecular complexity index is 645. The fourth-order valence-electron chi connectivity index (χ4n) is 3.40. The molecule has 1 aliphatic carbocycles. The number of rotatable bonds is 2. The van der Waals surface area contributed by atoms with Gasteiger partial charge in [-0.15, -0.1) is 0 Å². The minimum Gasteiger partial charge on any atom is -0.294 e. The summed E-state index contributed by atoms with van der Waals surface area (Å²) in [5, 5.41) is 1.09. The molecule has 0 aliphatic heterocycles. The van der Waals surface area contributed by atoms with Crippen molar-refractivity contribution in [1.29, 1.82) is 0 Å². The number of Topliss-reactive ketones (excluding diaryl/α,β-unsaturated/α-hetero) is 1. The van der Waals surface area contributed by atoms with Crippen molar-refractivity contribution in [3.63, 3.8) is 0 Å². The van der Waals surface area contributed by atoms with E-state index in [1.54, 1.807) is 6.20 Å². The molecule has 3 rings (SSSR count). The highest BCUT2D eigenvalue weighted by atomic mass is 16.1. The highest BCUT2D eigenvalue weighted by Gasteiger charge is 2.37. The first-order chi connectivity index (χ1) is 9.58. The second-order valence-electron chi connectivity index (χ2n) is 6.56. The average Bonchev–Trinajstić information content (AvgIpc) is 2.45. The smallest absolute Gasteiger partial charge is 0.166 e. The number of aromatic nitrogens is 1. The molecular weight excluding hydrogens is 246 g/mol. The number of carbonyl (C=O) groups is 1. The molecule has 1 aliphatic rings. The lowest BCUT2D eigenvalue weighted by Gasteiger charge is -2.37. The summed E-state index contributed by atoms with van der Waals surface area (Å²) in [5.41, 5.74) is 1.84. The third-order valence-corrected chi connectivity index (χ3v) is 4.71. The van der Waals surface area contributed by atoms with Crippen molar-refractivity contribution in [3.05, 3.63) is 42.1 Å². The van der Waals surface area contributed by atoms with Gasteiger partial charge in [0.15, 0.2) is 5.78 Å². The van der Waals surface area contributed by atoms with Gasteiger partial charge in [-0.3, -0.25) is 9.78 Å². The maximum atomic E-state index is 12.8. The number of hydrogen-bond acceptors (Lipinski definition) is 2. The largest absolute Gasteiger partial charge is 0.294 e. The molecule has 2 heteroatoms. The van der Waals surface area contributed by atoms with Crippen molar-refractivity contribution < 1.29 is 4.79 Å². The van der Waals surface area contributed by atoms with E-state index in [2.05, 4.69) is 18.8 Å². The van der Waals surface area contributed by atoms with Crippen LogP contribution in [-0.4, -0.2) is 10.8 Å². The molecule has 1 aromatic carbocycles. The van der Waals surface area contributed by atoms with Crippen LogP contribution in [0.2, 0.25) is 0 Å². The minimum atomic E-state index is 0.119. The van der Waals surface area contributed by atoms with Gasteiger partial charge in [0.1, 0.15) is 0 Å². The average molecular weight is 267 g/mol. The molecule has 1 fully saturated rings. The normalized spacial score (nSPS) is 21.8. The van der Waals surface area contributed by atoms with Crippen LogP contribution in [0.15, 0.2) is 36.5 Å². The van der Waals surface area contributed by atoms with Crippen molar-refractivity contribution in [2.24, 2.45) is 11.3 Å². The van der Waals surface area contributed by atoms with Crippen LogP contribution in [0.3, 0.4) is 0 Å². The van der Waals surface area contributed by atoms with E-state index in [0.29, 0.717) is 5.78 Å². The van der Waals surface area contributed by atoms with Crippen LogP contribution in [0, 0.1) is 11.3 Å². The van der Waals surface area contributed by atoms with Crippen molar-refractivity contribution in [2.45, 2.75) is 39.5 Å². The predicted octanol–water partition coefficient (Wildman–Crippen LogP) is 4.63. The molecule has 1 unspecified atom stereocenters. The maximum absolute atomic E-state index is 12.8. The van der Waals surface area contributed by atoms with Gasteiger partial charge in [0, 0.05) is 23.1 Å². The van der Waals surface area contributed by atoms with Gasteiger partial charge in [0.2, 0.25) is 0 Å². The fourth-order valence-corrected chi connectivity index (χ4v) is 3.40. The Morgan fingerprint density at radius 1 is 1.25 bits per heavy atom. The molecule has 0 radical (unpaired) electrons. The van der Waals surface area contributed by atoms with Gasteiger partial charge in [0.05, 0.1) is 5.52 Å². The van der Waals surface area contributed by atoms with E-state index in [9.17, 15) is 4.79 Å². The number of benzene rings is 1. The van der Waals surface area contributed by atoms with Crippen LogP contribution >= 0.6 is 0 Å². The van der Waals surface area contributed by atoms with Crippen molar-refractivity contribution in [3.8, 4) is 0 Å². The van der Waals surface area contributed by atoms with Crippen LogP contribution in [0.1, 0.15) is 49.9 Å². The van der Waals surface area contributed by atoms with E-state index in [0.717, 1.165) is 29.3 Å². The Morgan fingerprint density at radius 2 is 2.10 bits per heavy atom. The van der Waals surface area contributed by atoms with Crippen LogP contribution < -0.4 is 0 Å². The fraction of sp³-hybridized carbons (Fsp3) is 0.444. The Kier molecular flexibility index (Phi) is 3.33. The molecule has 2 nitrogen and oxygen atoms in total. The number of hydrogen-bond donors (Lipinski definition) is 0. The number of pyridine rings is 1. The summed E-state index contributed by atoms with van der Waals surface area (Å²) in [6, 6.07) is 9.86. The summed E-state index contributed by atoms with van der Waals surface area (Å²) in [6.45, 7) is 4.46. The lowest BCUT2D eigenvalue weighted by molar-refractivity contribution is 0.0697. The Morgan fingerprint density at radius 3 is 2.90 bits per heavy atom. The van der Waals surface area contributed by atoms with Gasteiger partial charge in [0.25, 0.3) is 0 Å². The van der Waals surface area contributed by atoms with Gasteiger partial charge < -0.3 is 0 Å². The highest BCUT2D eigenvalue weighted by molar-refractivity contribution is 6.01. The number of carbonyl (C=O) groups excluding carboxylic acids is 1. The van der Waals surface area contributed by atoms with Crippen LogP contribution in [0.25, 0.3) is 10.9 Å². The zero-order chi connectivity index (χ0) is 14.2. The molecular formula is C18H21NO. The second kappa shape index (κ2) is 5.01. The predicted molar refractivity (Wildman–Crippen MR) is 81.8 cm³/mol. The van der Waals surface area contributed by atoms with E-state index >= 15 is 0 Å². The molecule has 0 bridgehead atoms. The van der Waals surface area contributed by atoms with Gasteiger partial charge in [-0.2, -0.15) is 0 Å². The van der Waals surface area contributed by atoms with Crippen LogP contribution in [-0.2, 0) is 0 Å². The summed E-state index contributed by atoms with van der Waals surface area (Å²) in [5.74, 6) is 0.444. The van der Waals surface area contributed by atoms with Gasteiger partial charge in [-0.25, -0.2) is 0 Å². The van der Waals surface area contributed by atoms with E-state index in [1.165, 1.54) is 12.8 Å². The Balaban J connectivity index is 1.95. The summed E-state index contributed by atoms with van der Waals surface area (Å²) >= 11 is 0. The van der Waals surface area contributed by atoms with Crippen molar-refractivity contribution in [1.82, 2.24) is 4.98 Å². The molecule has 0 spiro atoms. The SMILES string of the molecule is CC1(C)CCCCC1C(=O)c1ccc2cccnc2c1. The summed E-state index contributed by atoms with van der Waals surface area (Å²) < 4.78 is 0. The number of ketones is 1.